The number of fused-ring (bicyclic) bond motifs is 1. The van der Waals surface area contributed by atoms with Gasteiger partial charge in [0.05, 0.1) is 5.92 Å². The van der Waals surface area contributed by atoms with Gasteiger partial charge in [-0.3, -0.25) is 19.1 Å². The van der Waals surface area contributed by atoms with Gasteiger partial charge in [0.2, 0.25) is 5.91 Å². The molecule has 0 spiro atoms. The Kier molecular flexibility index (Phi) is 6.09. The fraction of sp³-hybridized carbons (Fsp3) is 0.440. The van der Waals surface area contributed by atoms with Gasteiger partial charge in [0.25, 0.3) is 5.56 Å². The zero-order valence-electron chi connectivity index (χ0n) is 19.1. The molecule has 5 rings (SSSR count). The molecule has 0 saturated carbocycles. The van der Waals surface area contributed by atoms with Gasteiger partial charge in [0.15, 0.2) is 11.5 Å². The molecule has 0 bridgehead atoms. The van der Waals surface area contributed by atoms with Gasteiger partial charge in [-0.2, -0.15) is 0 Å². The summed E-state index contributed by atoms with van der Waals surface area (Å²) in [5.74, 6) is 0.525. The number of anilines is 1. The predicted octanol–water partition coefficient (Wildman–Crippen LogP) is 1.89. The van der Waals surface area contributed by atoms with Crippen LogP contribution in [0.2, 0.25) is 0 Å². The first-order valence-electron chi connectivity index (χ1n) is 11.7. The van der Waals surface area contributed by atoms with Gasteiger partial charge in [0, 0.05) is 59.1 Å². The molecular weight excluding hydrogens is 416 g/mol. The second-order valence-electron chi connectivity index (χ2n) is 9.02. The average molecular weight is 447 g/mol. The van der Waals surface area contributed by atoms with E-state index in [0.29, 0.717) is 23.5 Å². The smallest absolute Gasteiger partial charge is 0.294 e. The van der Waals surface area contributed by atoms with Gasteiger partial charge in [0.1, 0.15) is 5.52 Å². The fourth-order valence-corrected chi connectivity index (χ4v) is 4.95. The van der Waals surface area contributed by atoms with Crippen LogP contribution in [0.1, 0.15) is 18.4 Å². The second-order valence-corrected chi connectivity index (χ2v) is 9.02. The van der Waals surface area contributed by atoms with Crippen molar-refractivity contribution in [2.24, 2.45) is 13.0 Å². The molecule has 4 heterocycles. The average Bonchev–Trinajstić information content (AvgIpc) is 2.87. The minimum Gasteiger partial charge on any atom is -0.351 e. The molecule has 0 unspecified atom stereocenters. The first kappa shape index (κ1) is 21.6. The predicted molar refractivity (Wildman–Crippen MR) is 128 cm³/mol. The number of rotatable bonds is 4. The molecule has 0 radical (unpaired) electrons. The van der Waals surface area contributed by atoms with Crippen molar-refractivity contribution in [1.82, 2.24) is 24.3 Å². The number of pyridine rings is 1. The first-order chi connectivity index (χ1) is 16.1. The van der Waals surface area contributed by atoms with E-state index in [4.69, 9.17) is 0 Å². The lowest BCUT2D eigenvalue weighted by molar-refractivity contribution is -0.137. The van der Waals surface area contributed by atoms with Gasteiger partial charge in [-0.15, -0.1) is 0 Å². The Morgan fingerprint density at radius 2 is 1.82 bits per heavy atom. The van der Waals surface area contributed by atoms with Crippen LogP contribution < -0.4 is 10.5 Å². The maximum atomic E-state index is 13.3. The normalized spacial score (nSPS) is 19.7. The highest BCUT2D eigenvalue weighted by Gasteiger charge is 2.32. The molecule has 2 aliphatic heterocycles. The number of aryl methyl sites for hydroxylation is 1. The lowest BCUT2D eigenvalue weighted by Crippen LogP contribution is -2.52. The Labute approximate surface area is 193 Å². The number of aromatic nitrogens is 3. The molecule has 2 aromatic heterocycles. The summed E-state index contributed by atoms with van der Waals surface area (Å²) in [6.45, 7) is 5.48. The molecule has 1 aromatic carbocycles. The Hall–Kier alpha value is -3.26. The second kappa shape index (κ2) is 9.31. The summed E-state index contributed by atoms with van der Waals surface area (Å²) >= 11 is 0. The van der Waals surface area contributed by atoms with E-state index in [0.717, 1.165) is 52.1 Å². The summed E-state index contributed by atoms with van der Waals surface area (Å²) in [4.78, 5) is 41.6. The SMILES string of the molecule is Cn1c(=O)c(N2CCC[C@@H](C(=O)N3CCN(Cc4ccccc4)CC3)C2)nc2cccnc21. The van der Waals surface area contributed by atoms with Crippen LogP contribution >= 0.6 is 0 Å². The Balaban J connectivity index is 1.24. The topological polar surface area (TPSA) is 74.6 Å². The molecule has 2 fully saturated rings. The van der Waals surface area contributed by atoms with E-state index in [2.05, 4.69) is 39.1 Å². The maximum Gasteiger partial charge on any atom is 0.294 e. The highest BCUT2D eigenvalue weighted by Crippen LogP contribution is 2.23. The van der Waals surface area contributed by atoms with Crippen molar-refractivity contribution < 1.29 is 4.79 Å². The lowest BCUT2D eigenvalue weighted by atomic mass is 9.96. The molecule has 3 aromatic rings. The van der Waals surface area contributed by atoms with Crippen LogP contribution in [-0.2, 0) is 18.4 Å². The van der Waals surface area contributed by atoms with Crippen LogP contribution in [0.5, 0.6) is 0 Å². The molecule has 8 heteroatoms. The number of carbonyl (C=O) groups excluding carboxylic acids is 1. The van der Waals surface area contributed by atoms with Gasteiger partial charge < -0.3 is 9.80 Å². The molecule has 2 aliphatic rings. The molecule has 0 N–H and O–H groups in total. The van der Waals surface area contributed by atoms with E-state index in [1.165, 1.54) is 5.56 Å². The number of amides is 1. The molecule has 2 saturated heterocycles. The minimum absolute atomic E-state index is 0.101. The third-order valence-corrected chi connectivity index (χ3v) is 6.81. The highest BCUT2D eigenvalue weighted by molar-refractivity contribution is 5.80. The maximum absolute atomic E-state index is 13.3. The van der Waals surface area contributed by atoms with E-state index in [-0.39, 0.29) is 17.4 Å². The van der Waals surface area contributed by atoms with E-state index in [9.17, 15) is 9.59 Å². The van der Waals surface area contributed by atoms with Crippen LogP contribution in [-0.4, -0.2) is 69.5 Å². The Bertz CT molecular complexity index is 1190. The Morgan fingerprint density at radius 3 is 2.61 bits per heavy atom. The van der Waals surface area contributed by atoms with Gasteiger partial charge in [-0.25, -0.2) is 9.97 Å². The summed E-state index contributed by atoms with van der Waals surface area (Å²) < 4.78 is 1.55. The van der Waals surface area contributed by atoms with Crippen LogP contribution in [0, 0.1) is 5.92 Å². The van der Waals surface area contributed by atoms with Crippen LogP contribution in [0.25, 0.3) is 11.2 Å². The summed E-state index contributed by atoms with van der Waals surface area (Å²) in [7, 11) is 1.73. The summed E-state index contributed by atoms with van der Waals surface area (Å²) in [6.07, 6.45) is 3.40. The van der Waals surface area contributed by atoms with Crippen molar-refractivity contribution in [3.63, 3.8) is 0 Å². The molecule has 8 nitrogen and oxygen atoms in total. The van der Waals surface area contributed by atoms with Crippen LogP contribution in [0.4, 0.5) is 5.82 Å². The number of benzene rings is 1. The van der Waals surface area contributed by atoms with Crippen molar-refractivity contribution >= 4 is 22.9 Å². The van der Waals surface area contributed by atoms with E-state index in [1.807, 2.05) is 28.0 Å². The molecular formula is C25H30N6O2. The van der Waals surface area contributed by atoms with E-state index < -0.39 is 0 Å². The van der Waals surface area contributed by atoms with Gasteiger partial charge in [-0.1, -0.05) is 30.3 Å². The van der Waals surface area contributed by atoms with E-state index >= 15 is 0 Å². The van der Waals surface area contributed by atoms with Crippen molar-refractivity contribution in [2.75, 3.05) is 44.2 Å². The van der Waals surface area contributed by atoms with E-state index in [1.54, 1.807) is 17.8 Å². The number of piperidine rings is 1. The van der Waals surface area contributed by atoms with Gasteiger partial charge in [-0.05, 0) is 30.5 Å². The van der Waals surface area contributed by atoms with Gasteiger partial charge >= 0.3 is 0 Å². The van der Waals surface area contributed by atoms with Crippen LogP contribution in [0.3, 0.4) is 0 Å². The quantitative estimate of drug-likeness (QED) is 0.609. The van der Waals surface area contributed by atoms with Crippen molar-refractivity contribution in [3.8, 4) is 0 Å². The number of carbonyl (C=O) groups is 1. The molecule has 33 heavy (non-hydrogen) atoms. The zero-order valence-corrected chi connectivity index (χ0v) is 19.1. The van der Waals surface area contributed by atoms with Crippen molar-refractivity contribution in [3.05, 3.63) is 64.6 Å². The third kappa shape index (κ3) is 4.48. The summed E-state index contributed by atoms with van der Waals surface area (Å²) in [5, 5.41) is 0. The lowest BCUT2D eigenvalue weighted by Gasteiger charge is -2.39. The van der Waals surface area contributed by atoms with Crippen LogP contribution in [0.15, 0.2) is 53.5 Å². The zero-order chi connectivity index (χ0) is 22.8. The first-order valence-corrected chi connectivity index (χ1v) is 11.7. The number of nitrogens with zero attached hydrogens (tertiary/aromatic N) is 6. The molecule has 1 amide bonds. The number of piperazine rings is 1. The van der Waals surface area contributed by atoms with Crippen molar-refractivity contribution in [1.29, 1.82) is 0 Å². The monoisotopic (exact) mass is 446 g/mol. The molecule has 1 atom stereocenters. The molecule has 172 valence electrons. The third-order valence-electron chi connectivity index (χ3n) is 6.81. The minimum atomic E-state index is -0.163. The highest BCUT2D eigenvalue weighted by atomic mass is 16.2. The number of hydrogen-bond acceptors (Lipinski definition) is 6. The number of hydrogen-bond donors (Lipinski definition) is 0. The standard InChI is InChI=1S/C25H30N6O2/c1-28-22-21(10-5-11-26-22)27-23(25(28)33)31-12-6-9-20(18-31)24(32)30-15-13-29(14-16-30)17-19-7-3-2-4-8-19/h2-5,7-8,10-11,20H,6,9,12-18H2,1H3/t20-/m1/s1. The fourth-order valence-electron chi connectivity index (χ4n) is 4.95. The summed E-state index contributed by atoms with van der Waals surface area (Å²) in [5.41, 5.74) is 2.41. The largest absolute Gasteiger partial charge is 0.351 e. The van der Waals surface area contributed by atoms with Crippen molar-refractivity contribution in [2.45, 2.75) is 19.4 Å². The Morgan fingerprint density at radius 1 is 1.03 bits per heavy atom. The molecule has 0 aliphatic carbocycles. The summed E-state index contributed by atoms with van der Waals surface area (Å²) in [6, 6.07) is 14.2.